The Balaban J connectivity index is 0.00000411. The van der Waals surface area contributed by atoms with Crippen molar-refractivity contribution in [1.29, 1.82) is 0 Å². The Morgan fingerprint density at radius 3 is 1.55 bits per heavy atom. The Bertz CT molecular complexity index is 1850. The van der Waals surface area contributed by atoms with Crippen LogP contribution < -0.4 is 71.2 Å². The van der Waals surface area contributed by atoms with Gasteiger partial charge in [0, 0.05) is 13.0 Å². The van der Waals surface area contributed by atoms with Gasteiger partial charge in [-0.1, -0.05) is 44.2 Å². The molecule has 27 heteroatoms. The first-order valence-corrected chi connectivity index (χ1v) is 22.7. The second-order valence-corrected chi connectivity index (χ2v) is 16.8. The Morgan fingerprint density at radius 1 is 0.667 bits per heavy atom. The van der Waals surface area contributed by atoms with Crippen LogP contribution in [-0.2, 0) is 55.2 Å². The Labute approximate surface area is 383 Å². The lowest BCUT2D eigenvalue weighted by atomic mass is 10.00. The SMILES string of the molecule is CC(C)C[C@@H]1NC(=O)[C@H](Cc2ccccc2)NC(=O)[C@H](CCN)NC(=O)[C@@H](NC(=O)[C@@H](N)CCN)CCNC(=O)[C@H]([C@@H](C)O)NC(=O)[C@@H](CCN)NC(=O)[C@H](CCN)NC1=O.O=S(=O)(O)O. The zero-order chi connectivity index (χ0) is 50.1. The first kappa shape index (κ1) is 58.6. The van der Waals surface area contributed by atoms with E-state index in [-0.39, 0.29) is 83.6 Å². The lowest BCUT2D eigenvalue weighted by molar-refractivity contribution is -0.136. The first-order valence-electron chi connectivity index (χ1n) is 21.3. The van der Waals surface area contributed by atoms with Gasteiger partial charge in [0.05, 0.1) is 12.1 Å². The first-order chi connectivity index (χ1) is 30.9. The molecule has 374 valence electrons. The minimum Gasteiger partial charge on any atom is -0.391 e. The average molecular weight is 960 g/mol. The fourth-order valence-electron chi connectivity index (χ4n) is 6.40. The molecule has 1 aliphatic rings. The molecule has 0 aliphatic carbocycles. The van der Waals surface area contributed by atoms with Crippen molar-refractivity contribution in [1.82, 2.24) is 42.5 Å². The van der Waals surface area contributed by atoms with Crippen molar-refractivity contribution in [2.24, 2.45) is 34.6 Å². The maximum Gasteiger partial charge on any atom is 0.394 e. The number of nitrogens with two attached hydrogens (primary N) is 5. The van der Waals surface area contributed by atoms with Gasteiger partial charge in [-0.15, -0.1) is 0 Å². The number of rotatable bonds is 15. The van der Waals surface area contributed by atoms with Crippen molar-refractivity contribution in [3.8, 4) is 0 Å². The molecule has 1 aromatic rings. The van der Waals surface area contributed by atoms with Gasteiger partial charge in [0.2, 0.25) is 47.3 Å². The number of hydrogen-bond acceptors (Lipinski definition) is 16. The molecule has 1 aliphatic heterocycles. The van der Waals surface area contributed by atoms with E-state index in [1.165, 1.54) is 6.92 Å². The van der Waals surface area contributed by atoms with Crippen molar-refractivity contribution in [3.63, 3.8) is 0 Å². The molecule has 0 spiro atoms. The van der Waals surface area contributed by atoms with Crippen molar-refractivity contribution in [2.75, 3.05) is 32.7 Å². The molecule has 0 radical (unpaired) electrons. The zero-order valence-electron chi connectivity index (χ0n) is 37.4. The quantitative estimate of drug-likeness (QED) is 0.0727. The average Bonchev–Trinajstić information content (AvgIpc) is 3.23. The van der Waals surface area contributed by atoms with Crippen LogP contribution in [0.15, 0.2) is 30.3 Å². The maximum atomic E-state index is 14.1. The summed E-state index contributed by atoms with van der Waals surface area (Å²) >= 11 is 0. The van der Waals surface area contributed by atoms with Crippen LogP contribution in [0.2, 0.25) is 0 Å². The normalized spacial score (nSPS) is 24.4. The van der Waals surface area contributed by atoms with E-state index >= 15 is 0 Å². The summed E-state index contributed by atoms with van der Waals surface area (Å²) in [7, 11) is -4.67. The van der Waals surface area contributed by atoms with Crippen LogP contribution in [0.4, 0.5) is 0 Å². The highest BCUT2D eigenvalue weighted by Gasteiger charge is 2.35. The monoisotopic (exact) mass is 959 g/mol. The van der Waals surface area contributed by atoms with Crippen LogP contribution in [-0.4, -0.2) is 157 Å². The Morgan fingerprint density at radius 2 is 1.09 bits per heavy atom. The summed E-state index contributed by atoms with van der Waals surface area (Å²) in [6.45, 7) is 4.41. The third-order valence-corrected chi connectivity index (χ3v) is 9.76. The van der Waals surface area contributed by atoms with E-state index in [2.05, 4.69) is 42.5 Å². The molecule has 2 rings (SSSR count). The number of carbonyl (C=O) groups is 8. The van der Waals surface area contributed by atoms with Crippen molar-refractivity contribution >= 4 is 57.7 Å². The fourth-order valence-corrected chi connectivity index (χ4v) is 6.40. The lowest BCUT2D eigenvalue weighted by Crippen LogP contribution is -2.61. The minimum absolute atomic E-state index is 0.0363. The van der Waals surface area contributed by atoms with E-state index < -0.39 is 112 Å². The summed E-state index contributed by atoms with van der Waals surface area (Å²) in [5.74, 6) is -6.64. The molecular formula is C39H69N13O13S. The minimum atomic E-state index is -4.67. The molecule has 0 bridgehead atoms. The summed E-state index contributed by atoms with van der Waals surface area (Å²) in [5, 5.41) is 31.2. The largest absolute Gasteiger partial charge is 0.394 e. The molecule has 26 nitrogen and oxygen atoms in total. The van der Waals surface area contributed by atoms with Crippen LogP contribution in [0.25, 0.3) is 0 Å². The summed E-state index contributed by atoms with van der Waals surface area (Å²) in [6, 6.07) is -1.80. The number of benzene rings is 1. The van der Waals surface area contributed by atoms with Crippen molar-refractivity contribution in [3.05, 3.63) is 35.9 Å². The molecule has 0 saturated carbocycles. The molecule has 21 N–H and O–H groups in total. The van der Waals surface area contributed by atoms with E-state index in [0.29, 0.717) is 5.56 Å². The summed E-state index contributed by atoms with van der Waals surface area (Å²) in [4.78, 5) is 109. The summed E-state index contributed by atoms with van der Waals surface area (Å²) in [5.41, 5.74) is 29.6. The second kappa shape index (κ2) is 30.0. The topological polar surface area (TPSA) is 458 Å². The number of aliphatic hydroxyl groups excluding tert-OH is 1. The lowest BCUT2D eigenvalue weighted by Gasteiger charge is -2.28. The van der Waals surface area contributed by atoms with Gasteiger partial charge in [-0.25, -0.2) is 0 Å². The van der Waals surface area contributed by atoms with Gasteiger partial charge in [-0.3, -0.25) is 47.5 Å². The standard InChI is InChI=1S/C39H67N13O9.H2O4S/c1-21(2)19-29-37(59)49-25(10-15-41)33(55)48-27(12-17-43)36(58)52-31(22(3)53)39(61)45-18-13-28(46-32(54)24(44)9-14-40)35(57)47-26(11-16-42)34(56)51-30(38(60)50-29)20-23-7-5-4-6-8-23;1-5(2,3)4/h4-8,21-22,24-31,53H,9-20,40-44H2,1-3H3,(H,45,61)(H,46,54)(H,47,57)(H,48,55)(H,49,59)(H,50,60)(H,51,56)(H,52,58);(H2,1,2,3,4)/t22-,24+,25+,26+,27-,28+,29+,30+,31+;/m1./s1. The van der Waals surface area contributed by atoms with Gasteiger partial charge < -0.3 is 76.3 Å². The molecular weight excluding hydrogens is 891 g/mol. The molecule has 9 atom stereocenters. The van der Waals surface area contributed by atoms with E-state index in [1.807, 2.05) is 13.8 Å². The fraction of sp³-hybridized carbons (Fsp3) is 0.641. The maximum absolute atomic E-state index is 14.1. The summed E-state index contributed by atoms with van der Waals surface area (Å²) < 4.78 is 31.6. The van der Waals surface area contributed by atoms with Crippen LogP contribution >= 0.6 is 0 Å². The van der Waals surface area contributed by atoms with Gasteiger partial charge in [0.15, 0.2) is 0 Å². The number of amides is 8. The van der Waals surface area contributed by atoms with Gasteiger partial charge in [-0.2, -0.15) is 8.42 Å². The van der Waals surface area contributed by atoms with Gasteiger partial charge >= 0.3 is 10.4 Å². The smallest absolute Gasteiger partial charge is 0.391 e. The molecule has 1 saturated heterocycles. The summed E-state index contributed by atoms with van der Waals surface area (Å²) in [6.07, 6.45) is -1.86. The third kappa shape index (κ3) is 22.7. The second-order valence-electron chi connectivity index (χ2n) is 15.9. The van der Waals surface area contributed by atoms with E-state index in [4.69, 9.17) is 46.2 Å². The van der Waals surface area contributed by atoms with Crippen LogP contribution in [0.3, 0.4) is 0 Å². The van der Waals surface area contributed by atoms with Gasteiger partial charge in [-0.05, 0) is 83.1 Å². The predicted molar refractivity (Wildman–Crippen MR) is 239 cm³/mol. The zero-order valence-corrected chi connectivity index (χ0v) is 38.2. The van der Waals surface area contributed by atoms with Crippen LogP contribution in [0.5, 0.6) is 0 Å². The molecule has 0 unspecified atom stereocenters. The number of aliphatic hydroxyl groups is 1. The molecule has 1 aromatic carbocycles. The highest BCUT2D eigenvalue weighted by molar-refractivity contribution is 7.79. The number of nitrogens with one attached hydrogen (secondary N) is 8. The highest BCUT2D eigenvalue weighted by atomic mass is 32.3. The van der Waals surface area contributed by atoms with E-state index in [9.17, 15) is 43.5 Å². The van der Waals surface area contributed by atoms with Crippen molar-refractivity contribution in [2.45, 2.75) is 120 Å². The predicted octanol–water partition coefficient (Wildman–Crippen LogP) is -6.36. The van der Waals surface area contributed by atoms with Crippen LogP contribution in [0.1, 0.15) is 64.9 Å². The third-order valence-electron chi connectivity index (χ3n) is 9.76. The molecule has 1 fully saturated rings. The van der Waals surface area contributed by atoms with Gasteiger partial charge in [0.25, 0.3) is 0 Å². The Kier molecular flexibility index (Phi) is 26.7. The van der Waals surface area contributed by atoms with Crippen molar-refractivity contribution < 1.29 is 61.0 Å². The molecule has 0 aromatic heterocycles. The van der Waals surface area contributed by atoms with E-state index in [1.54, 1.807) is 30.3 Å². The van der Waals surface area contributed by atoms with Gasteiger partial charge in [0.1, 0.15) is 42.3 Å². The van der Waals surface area contributed by atoms with Crippen LogP contribution in [0, 0.1) is 5.92 Å². The highest BCUT2D eigenvalue weighted by Crippen LogP contribution is 2.10. The molecule has 1 heterocycles. The molecule has 66 heavy (non-hydrogen) atoms. The molecule has 8 amide bonds. The number of carbonyl (C=O) groups excluding carboxylic acids is 8. The van der Waals surface area contributed by atoms with E-state index in [0.717, 1.165) is 0 Å². The number of hydrogen-bond donors (Lipinski definition) is 16. The Hall–Kier alpha value is -5.39.